The van der Waals surface area contributed by atoms with Gasteiger partial charge in [-0.05, 0) is 40.9 Å². The van der Waals surface area contributed by atoms with Crippen LogP contribution in [0.1, 0.15) is 18.4 Å². The summed E-state index contributed by atoms with van der Waals surface area (Å²) in [7, 11) is 0. The van der Waals surface area contributed by atoms with E-state index in [2.05, 4.69) is 21.2 Å². The van der Waals surface area contributed by atoms with Gasteiger partial charge in [0.1, 0.15) is 6.07 Å². The van der Waals surface area contributed by atoms with E-state index in [-0.39, 0.29) is 10.3 Å². The number of hydrogen-bond acceptors (Lipinski definition) is 2. The maximum Gasteiger partial charge on any atom is 0.161 e. The number of anilines is 1. The van der Waals surface area contributed by atoms with E-state index in [1.807, 2.05) is 6.07 Å². The second-order valence-corrected chi connectivity index (χ2v) is 4.11. The summed E-state index contributed by atoms with van der Waals surface area (Å²) in [4.78, 5) is 0. The second-order valence-electron chi connectivity index (χ2n) is 3.32. The number of benzene rings is 1. The van der Waals surface area contributed by atoms with Gasteiger partial charge in [-0.1, -0.05) is 0 Å². The molecule has 1 aromatic rings. The first kappa shape index (κ1) is 9.47. The van der Waals surface area contributed by atoms with Gasteiger partial charge in [0.05, 0.1) is 15.7 Å². The summed E-state index contributed by atoms with van der Waals surface area (Å²) in [5.74, 6) is -0.379. The molecule has 1 saturated carbocycles. The van der Waals surface area contributed by atoms with Gasteiger partial charge in [0.15, 0.2) is 5.82 Å². The number of nitrogens with one attached hydrogen (secondary N) is 1. The van der Waals surface area contributed by atoms with Crippen molar-refractivity contribution in [3.05, 3.63) is 28.0 Å². The molecular weight excluding hydrogens is 247 g/mol. The van der Waals surface area contributed by atoms with E-state index in [0.717, 1.165) is 12.8 Å². The monoisotopic (exact) mass is 254 g/mol. The van der Waals surface area contributed by atoms with Crippen LogP contribution in [0.2, 0.25) is 0 Å². The topological polar surface area (TPSA) is 35.8 Å². The molecule has 14 heavy (non-hydrogen) atoms. The average Bonchev–Trinajstić information content (AvgIpc) is 2.97. The zero-order valence-corrected chi connectivity index (χ0v) is 8.94. The SMILES string of the molecule is N#Cc1ccc(NC2CC2)c(F)c1Br. The Bertz CT molecular complexity index is 407. The van der Waals surface area contributed by atoms with Gasteiger partial charge in [0.25, 0.3) is 0 Å². The van der Waals surface area contributed by atoms with E-state index in [1.165, 1.54) is 0 Å². The third kappa shape index (κ3) is 1.73. The van der Waals surface area contributed by atoms with Crippen molar-refractivity contribution in [2.75, 3.05) is 5.32 Å². The Morgan fingerprint density at radius 3 is 2.79 bits per heavy atom. The van der Waals surface area contributed by atoms with Crippen molar-refractivity contribution in [3.63, 3.8) is 0 Å². The number of halogens is 2. The molecule has 2 rings (SSSR count). The third-order valence-corrected chi connectivity index (χ3v) is 2.92. The normalized spacial score (nSPS) is 14.9. The lowest BCUT2D eigenvalue weighted by atomic mass is 10.2. The van der Waals surface area contributed by atoms with Crippen LogP contribution in [0.25, 0.3) is 0 Å². The van der Waals surface area contributed by atoms with Crippen LogP contribution in [0, 0.1) is 17.1 Å². The summed E-state index contributed by atoms with van der Waals surface area (Å²) >= 11 is 3.06. The van der Waals surface area contributed by atoms with Gasteiger partial charge in [-0.15, -0.1) is 0 Å². The summed E-state index contributed by atoms with van der Waals surface area (Å²) in [6.07, 6.45) is 2.19. The number of rotatable bonds is 2. The molecule has 0 amide bonds. The summed E-state index contributed by atoms with van der Waals surface area (Å²) in [6.45, 7) is 0. The molecule has 0 aromatic heterocycles. The van der Waals surface area contributed by atoms with Crippen LogP contribution in [-0.4, -0.2) is 6.04 Å². The van der Waals surface area contributed by atoms with E-state index < -0.39 is 0 Å². The Morgan fingerprint density at radius 1 is 1.50 bits per heavy atom. The lowest BCUT2D eigenvalue weighted by molar-refractivity contribution is 0.623. The van der Waals surface area contributed by atoms with Gasteiger partial charge in [-0.25, -0.2) is 4.39 Å². The Labute approximate surface area is 89.9 Å². The molecule has 1 N–H and O–H groups in total. The first-order valence-corrected chi connectivity index (χ1v) is 5.16. The van der Waals surface area contributed by atoms with Crippen molar-refractivity contribution in [1.82, 2.24) is 0 Å². The minimum Gasteiger partial charge on any atom is -0.380 e. The zero-order chi connectivity index (χ0) is 10.1. The van der Waals surface area contributed by atoms with Gasteiger partial charge < -0.3 is 5.32 Å². The highest BCUT2D eigenvalue weighted by atomic mass is 79.9. The number of nitrogens with zero attached hydrogens (tertiary/aromatic N) is 1. The smallest absolute Gasteiger partial charge is 0.161 e. The van der Waals surface area contributed by atoms with Crippen molar-refractivity contribution < 1.29 is 4.39 Å². The van der Waals surface area contributed by atoms with Crippen molar-refractivity contribution in [2.45, 2.75) is 18.9 Å². The fourth-order valence-corrected chi connectivity index (χ4v) is 1.63. The minimum absolute atomic E-state index is 0.241. The molecule has 72 valence electrons. The fourth-order valence-electron chi connectivity index (χ4n) is 1.19. The Kier molecular flexibility index (Phi) is 2.42. The lowest BCUT2D eigenvalue weighted by Crippen LogP contribution is -2.03. The van der Waals surface area contributed by atoms with Crippen LogP contribution in [0.5, 0.6) is 0 Å². The highest BCUT2D eigenvalue weighted by Crippen LogP contribution is 2.30. The van der Waals surface area contributed by atoms with Crippen LogP contribution < -0.4 is 5.32 Å². The predicted molar refractivity (Wildman–Crippen MR) is 55.5 cm³/mol. The molecule has 4 heteroatoms. The molecule has 1 aromatic carbocycles. The molecule has 0 bridgehead atoms. The van der Waals surface area contributed by atoms with Crippen molar-refractivity contribution >= 4 is 21.6 Å². The van der Waals surface area contributed by atoms with Crippen LogP contribution in [0.3, 0.4) is 0 Å². The molecule has 0 atom stereocenters. The van der Waals surface area contributed by atoms with Crippen molar-refractivity contribution in [1.29, 1.82) is 5.26 Å². The Balaban J connectivity index is 2.33. The molecule has 0 heterocycles. The second kappa shape index (κ2) is 3.58. The van der Waals surface area contributed by atoms with E-state index in [9.17, 15) is 4.39 Å². The van der Waals surface area contributed by atoms with Crippen LogP contribution >= 0.6 is 15.9 Å². The van der Waals surface area contributed by atoms with Crippen molar-refractivity contribution in [2.24, 2.45) is 0 Å². The number of hydrogen-bond donors (Lipinski definition) is 1. The van der Waals surface area contributed by atoms with Gasteiger partial charge in [-0.2, -0.15) is 5.26 Å². The first-order valence-electron chi connectivity index (χ1n) is 4.37. The van der Waals surface area contributed by atoms with Crippen LogP contribution in [-0.2, 0) is 0 Å². The summed E-state index contributed by atoms with van der Waals surface area (Å²) < 4.78 is 13.8. The quantitative estimate of drug-likeness (QED) is 0.881. The standard InChI is InChI=1S/C10H8BrFN2/c11-9-6(5-13)1-4-8(10(9)12)14-7-2-3-7/h1,4,7,14H,2-3H2. The molecule has 1 aliphatic carbocycles. The molecule has 0 spiro atoms. The third-order valence-electron chi connectivity index (χ3n) is 2.14. The highest BCUT2D eigenvalue weighted by molar-refractivity contribution is 9.10. The van der Waals surface area contributed by atoms with Crippen molar-refractivity contribution in [3.8, 4) is 6.07 Å². The largest absolute Gasteiger partial charge is 0.380 e. The molecule has 1 aliphatic rings. The highest BCUT2D eigenvalue weighted by Gasteiger charge is 2.23. The average molecular weight is 255 g/mol. The van der Waals surface area contributed by atoms with E-state index in [0.29, 0.717) is 17.3 Å². The van der Waals surface area contributed by atoms with E-state index >= 15 is 0 Å². The van der Waals surface area contributed by atoms with E-state index in [4.69, 9.17) is 5.26 Å². The fraction of sp³-hybridized carbons (Fsp3) is 0.300. The first-order chi connectivity index (χ1) is 6.72. The predicted octanol–water partition coefficient (Wildman–Crippen LogP) is 3.03. The minimum atomic E-state index is -0.379. The van der Waals surface area contributed by atoms with E-state index in [1.54, 1.807) is 12.1 Å². The summed E-state index contributed by atoms with van der Waals surface area (Å²) in [6, 6.07) is 5.54. The molecule has 0 aliphatic heterocycles. The lowest BCUT2D eigenvalue weighted by Gasteiger charge is -2.07. The summed E-state index contributed by atoms with van der Waals surface area (Å²) in [5, 5.41) is 11.7. The van der Waals surface area contributed by atoms with Gasteiger partial charge >= 0.3 is 0 Å². The molecular formula is C10H8BrFN2. The molecule has 2 nitrogen and oxygen atoms in total. The Hall–Kier alpha value is -1.08. The molecule has 0 radical (unpaired) electrons. The zero-order valence-electron chi connectivity index (χ0n) is 7.35. The van der Waals surface area contributed by atoms with Crippen LogP contribution in [0.4, 0.5) is 10.1 Å². The van der Waals surface area contributed by atoms with Gasteiger partial charge in [-0.3, -0.25) is 0 Å². The van der Waals surface area contributed by atoms with Gasteiger partial charge in [0, 0.05) is 6.04 Å². The maximum atomic E-state index is 13.6. The number of nitriles is 1. The van der Waals surface area contributed by atoms with Crippen LogP contribution in [0.15, 0.2) is 16.6 Å². The molecule has 0 saturated heterocycles. The van der Waals surface area contributed by atoms with Gasteiger partial charge in [0.2, 0.25) is 0 Å². The molecule has 1 fully saturated rings. The summed E-state index contributed by atoms with van der Waals surface area (Å²) in [5.41, 5.74) is 0.794. The Morgan fingerprint density at radius 2 is 2.21 bits per heavy atom. The molecule has 0 unspecified atom stereocenters. The maximum absolute atomic E-state index is 13.6.